The first-order chi connectivity index (χ1) is 14.5. The Morgan fingerprint density at radius 3 is 2.73 bits per heavy atom. The van der Waals surface area contributed by atoms with E-state index in [9.17, 15) is 9.59 Å². The molecule has 0 bridgehead atoms. The molecule has 158 valence electrons. The number of anilines is 1. The second-order valence-corrected chi connectivity index (χ2v) is 9.27. The van der Waals surface area contributed by atoms with Crippen LogP contribution in [0.1, 0.15) is 30.9 Å². The van der Waals surface area contributed by atoms with Crippen molar-refractivity contribution in [2.24, 2.45) is 5.92 Å². The summed E-state index contributed by atoms with van der Waals surface area (Å²) in [7, 11) is 0. The van der Waals surface area contributed by atoms with Gasteiger partial charge in [0.1, 0.15) is 5.25 Å². The lowest BCUT2D eigenvalue weighted by Gasteiger charge is -2.36. The van der Waals surface area contributed by atoms with Gasteiger partial charge in [0, 0.05) is 18.0 Å². The molecular formula is C24H28N2O3S. The number of aryl methyl sites for hydroxylation is 1. The van der Waals surface area contributed by atoms with E-state index in [1.807, 2.05) is 36.1 Å². The summed E-state index contributed by atoms with van der Waals surface area (Å²) in [6.07, 6.45) is 2.11. The normalized spacial score (nSPS) is 21.9. The van der Waals surface area contributed by atoms with Crippen molar-refractivity contribution in [3.8, 4) is 0 Å². The van der Waals surface area contributed by atoms with Gasteiger partial charge in [-0.3, -0.25) is 9.59 Å². The summed E-state index contributed by atoms with van der Waals surface area (Å²) in [6, 6.07) is 16.2. The molecule has 2 aliphatic heterocycles. The Balaban J connectivity index is 1.51. The summed E-state index contributed by atoms with van der Waals surface area (Å²) in [5.74, 6) is -0.539. The number of carbonyl (C=O) groups is 2. The average molecular weight is 425 g/mol. The maximum absolute atomic E-state index is 13.5. The number of fused-ring (bicyclic) bond motifs is 1. The van der Waals surface area contributed by atoms with Gasteiger partial charge in [0.05, 0.1) is 24.3 Å². The zero-order valence-electron chi connectivity index (χ0n) is 17.5. The number of hydrogen-bond donors (Lipinski definition) is 1. The minimum atomic E-state index is -0.449. The molecule has 1 N–H and O–H groups in total. The molecule has 2 aromatic rings. The van der Waals surface area contributed by atoms with Crippen molar-refractivity contribution in [3.05, 3.63) is 59.7 Å². The van der Waals surface area contributed by atoms with Crippen LogP contribution in [0.2, 0.25) is 0 Å². The van der Waals surface area contributed by atoms with Crippen LogP contribution < -0.4 is 10.2 Å². The number of hydrogen-bond acceptors (Lipinski definition) is 4. The third-order valence-corrected chi connectivity index (χ3v) is 7.24. The third kappa shape index (κ3) is 4.55. The number of thioether (sulfide) groups is 1. The molecule has 5 nitrogen and oxygen atoms in total. The van der Waals surface area contributed by atoms with Crippen molar-refractivity contribution in [2.45, 2.75) is 49.5 Å². The fraction of sp³-hybridized carbons (Fsp3) is 0.417. The fourth-order valence-electron chi connectivity index (χ4n) is 3.91. The molecule has 0 unspecified atom stereocenters. The minimum absolute atomic E-state index is 0.0148. The molecule has 0 radical (unpaired) electrons. The van der Waals surface area contributed by atoms with Crippen LogP contribution in [0.5, 0.6) is 0 Å². The number of para-hydroxylation sites is 1. The van der Waals surface area contributed by atoms with Gasteiger partial charge in [0.15, 0.2) is 0 Å². The van der Waals surface area contributed by atoms with E-state index in [1.165, 1.54) is 17.3 Å². The molecule has 0 saturated carbocycles. The van der Waals surface area contributed by atoms with Gasteiger partial charge in [-0.05, 0) is 37.5 Å². The van der Waals surface area contributed by atoms with E-state index in [1.54, 1.807) is 0 Å². The highest BCUT2D eigenvalue weighted by Gasteiger charge is 2.39. The van der Waals surface area contributed by atoms with Gasteiger partial charge in [-0.25, -0.2) is 0 Å². The van der Waals surface area contributed by atoms with E-state index in [0.29, 0.717) is 13.1 Å². The van der Waals surface area contributed by atoms with Gasteiger partial charge in [0.2, 0.25) is 11.8 Å². The molecule has 30 heavy (non-hydrogen) atoms. The lowest BCUT2D eigenvalue weighted by molar-refractivity contribution is -0.128. The first-order valence-corrected chi connectivity index (χ1v) is 11.4. The van der Waals surface area contributed by atoms with Gasteiger partial charge in [-0.2, -0.15) is 0 Å². The van der Waals surface area contributed by atoms with E-state index in [-0.39, 0.29) is 17.9 Å². The molecule has 0 spiro atoms. The molecule has 1 fully saturated rings. The Kier molecular flexibility index (Phi) is 6.44. The van der Waals surface area contributed by atoms with Crippen LogP contribution in [-0.4, -0.2) is 36.3 Å². The van der Waals surface area contributed by atoms with E-state index < -0.39 is 11.2 Å². The molecule has 0 aromatic heterocycles. The zero-order valence-corrected chi connectivity index (χ0v) is 18.3. The average Bonchev–Trinajstić information content (AvgIpc) is 3.28. The van der Waals surface area contributed by atoms with Gasteiger partial charge >= 0.3 is 0 Å². The maximum Gasteiger partial charge on any atom is 0.241 e. The number of amides is 2. The van der Waals surface area contributed by atoms with Crippen LogP contribution in [-0.2, 0) is 20.9 Å². The molecule has 2 amide bonds. The van der Waals surface area contributed by atoms with Gasteiger partial charge in [-0.1, -0.05) is 48.9 Å². The molecule has 6 heteroatoms. The van der Waals surface area contributed by atoms with Crippen LogP contribution in [0.3, 0.4) is 0 Å². The number of rotatable bonds is 6. The number of carbonyl (C=O) groups excluding carboxylic acids is 2. The predicted octanol–water partition coefficient (Wildman–Crippen LogP) is 3.93. The van der Waals surface area contributed by atoms with Crippen LogP contribution in [0.25, 0.3) is 0 Å². The van der Waals surface area contributed by atoms with Crippen molar-refractivity contribution in [1.82, 2.24) is 5.32 Å². The largest absolute Gasteiger partial charge is 0.376 e. The van der Waals surface area contributed by atoms with E-state index in [4.69, 9.17) is 4.74 Å². The molecule has 2 aliphatic rings. The molecule has 1 saturated heterocycles. The van der Waals surface area contributed by atoms with Crippen molar-refractivity contribution in [2.75, 3.05) is 18.1 Å². The summed E-state index contributed by atoms with van der Waals surface area (Å²) >= 11 is 1.49. The third-order valence-electron chi connectivity index (χ3n) is 5.78. The maximum atomic E-state index is 13.5. The van der Waals surface area contributed by atoms with Crippen molar-refractivity contribution >= 4 is 29.3 Å². The van der Waals surface area contributed by atoms with E-state index >= 15 is 0 Å². The zero-order chi connectivity index (χ0) is 21.1. The SMILES string of the molecule is Cc1ccc(CN2C(=O)[C@H]([C@@H](C)C(=O)NC[C@H]3CCCO3)Sc3ccccc32)cc1. The highest BCUT2D eigenvalue weighted by atomic mass is 32.2. The lowest BCUT2D eigenvalue weighted by atomic mass is 10.0. The van der Waals surface area contributed by atoms with Crippen molar-refractivity contribution in [1.29, 1.82) is 0 Å². The Labute approximate surface area is 182 Å². The quantitative estimate of drug-likeness (QED) is 0.763. The summed E-state index contributed by atoms with van der Waals surface area (Å²) in [6.45, 7) is 5.67. The number of nitrogens with one attached hydrogen (secondary N) is 1. The van der Waals surface area contributed by atoms with Gasteiger partial charge in [0.25, 0.3) is 0 Å². The molecule has 2 aromatic carbocycles. The second kappa shape index (κ2) is 9.23. The molecular weight excluding hydrogens is 396 g/mol. The van der Waals surface area contributed by atoms with Crippen LogP contribution in [0, 0.1) is 12.8 Å². The van der Waals surface area contributed by atoms with Gasteiger partial charge in [-0.15, -0.1) is 11.8 Å². The first-order valence-electron chi connectivity index (χ1n) is 10.5. The van der Waals surface area contributed by atoms with Crippen LogP contribution in [0.15, 0.2) is 53.4 Å². The summed E-state index contributed by atoms with van der Waals surface area (Å²) < 4.78 is 5.59. The van der Waals surface area contributed by atoms with Crippen LogP contribution in [0.4, 0.5) is 5.69 Å². The Bertz CT molecular complexity index is 909. The number of nitrogens with zero attached hydrogens (tertiary/aromatic N) is 1. The minimum Gasteiger partial charge on any atom is -0.376 e. The Hall–Kier alpha value is -2.31. The monoisotopic (exact) mass is 424 g/mol. The van der Waals surface area contributed by atoms with Crippen LogP contribution >= 0.6 is 11.8 Å². The smallest absolute Gasteiger partial charge is 0.241 e. The molecule has 4 rings (SSSR count). The van der Waals surface area contributed by atoms with E-state index in [0.717, 1.165) is 35.6 Å². The number of benzene rings is 2. The standard InChI is InChI=1S/C24H28N2O3S/c1-16-9-11-18(12-10-16)15-26-20-7-3-4-8-21(20)30-22(24(26)28)17(2)23(27)25-14-19-6-5-13-29-19/h3-4,7-12,17,19,22H,5-6,13-15H2,1-2H3,(H,25,27)/t17-,19-,22+/m1/s1. The van der Waals surface area contributed by atoms with Gasteiger partial charge < -0.3 is 15.0 Å². The molecule has 3 atom stereocenters. The topological polar surface area (TPSA) is 58.6 Å². The summed E-state index contributed by atoms with van der Waals surface area (Å²) in [5.41, 5.74) is 3.18. The van der Waals surface area contributed by atoms with Crippen molar-refractivity contribution < 1.29 is 14.3 Å². The molecule has 2 heterocycles. The summed E-state index contributed by atoms with van der Waals surface area (Å²) in [5, 5.41) is 2.54. The highest BCUT2D eigenvalue weighted by Crippen LogP contribution is 2.42. The molecule has 0 aliphatic carbocycles. The Morgan fingerprint density at radius 2 is 2.00 bits per heavy atom. The fourth-order valence-corrected chi connectivity index (χ4v) is 5.20. The Morgan fingerprint density at radius 1 is 1.23 bits per heavy atom. The number of ether oxygens (including phenoxy) is 1. The van der Waals surface area contributed by atoms with E-state index in [2.05, 4.69) is 36.5 Å². The highest BCUT2D eigenvalue weighted by molar-refractivity contribution is 8.01. The summed E-state index contributed by atoms with van der Waals surface area (Å²) in [4.78, 5) is 29.1. The predicted molar refractivity (Wildman–Crippen MR) is 120 cm³/mol. The second-order valence-electron chi connectivity index (χ2n) is 8.09. The lowest BCUT2D eigenvalue weighted by Crippen LogP contribution is -2.48. The first kappa shape index (κ1) is 20.9. The van der Waals surface area contributed by atoms with Crippen molar-refractivity contribution in [3.63, 3.8) is 0 Å².